The lowest BCUT2D eigenvalue weighted by Crippen LogP contribution is -2.40. The van der Waals surface area contributed by atoms with Crippen molar-refractivity contribution < 1.29 is 4.79 Å². The number of pyridine rings is 2. The summed E-state index contributed by atoms with van der Waals surface area (Å²) in [5.74, 6) is 1.05. The van der Waals surface area contributed by atoms with Crippen LogP contribution in [0.2, 0.25) is 0 Å². The van der Waals surface area contributed by atoms with Crippen molar-refractivity contribution in [2.24, 2.45) is 21.6 Å². The summed E-state index contributed by atoms with van der Waals surface area (Å²) in [6.45, 7) is 6.71. The fourth-order valence-corrected chi connectivity index (χ4v) is 4.16. The summed E-state index contributed by atoms with van der Waals surface area (Å²) in [7, 11) is 2.15. The number of carbonyl (C=O) groups excluding carboxylic acids is 1. The topological polar surface area (TPSA) is 112 Å². The number of aromatic nitrogens is 2. The Labute approximate surface area is 193 Å². The van der Waals surface area contributed by atoms with E-state index < -0.39 is 0 Å². The predicted octanol–water partition coefficient (Wildman–Crippen LogP) is 2.58. The number of nitrogens with two attached hydrogens (primary N) is 1. The first-order chi connectivity index (χ1) is 16.0. The molecule has 0 bridgehead atoms. The van der Waals surface area contributed by atoms with Gasteiger partial charge in [-0.15, -0.1) is 0 Å². The number of hydrogen-bond donors (Lipinski definition) is 2. The van der Waals surface area contributed by atoms with E-state index in [1.165, 1.54) is 12.6 Å². The molecule has 2 aromatic heterocycles. The van der Waals surface area contributed by atoms with Gasteiger partial charge in [0.1, 0.15) is 23.0 Å². The molecule has 2 aliphatic heterocycles. The molecule has 0 radical (unpaired) electrons. The standard InChI is InChI=1S/C24H28N8O/c1-26-21(19-9-8-18(14-29-19)24(33)30-20-7-3-4-10-27-20)22-23(25)28-11-13-32(22)16-17-6-5-12-31(2)15-17/h3-4,7-11,13-14,17H,1,5-6,12,15-16H2,2H3,(H2,25,28)(H,27,30,33)/b22-21-. The van der Waals surface area contributed by atoms with E-state index in [2.05, 4.69) is 48.8 Å². The Balaban J connectivity index is 1.57. The zero-order valence-corrected chi connectivity index (χ0v) is 18.7. The Morgan fingerprint density at radius 3 is 2.88 bits per heavy atom. The molecule has 3 N–H and O–H groups in total. The van der Waals surface area contributed by atoms with Crippen molar-refractivity contribution in [3.05, 3.63) is 72.1 Å². The van der Waals surface area contributed by atoms with E-state index in [9.17, 15) is 4.79 Å². The van der Waals surface area contributed by atoms with Crippen molar-refractivity contribution in [3.63, 3.8) is 0 Å². The number of amides is 1. The Bertz CT molecular complexity index is 1090. The van der Waals surface area contributed by atoms with Crippen LogP contribution >= 0.6 is 0 Å². The number of likely N-dealkylation sites (tertiary alicyclic amines) is 1. The first-order valence-electron chi connectivity index (χ1n) is 10.9. The maximum absolute atomic E-state index is 12.5. The van der Waals surface area contributed by atoms with Crippen LogP contribution in [0.25, 0.3) is 5.70 Å². The van der Waals surface area contributed by atoms with Crippen molar-refractivity contribution in [3.8, 4) is 0 Å². The Morgan fingerprint density at radius 2 is 2.18 bits per heavy atom. The average molecular weight is 445 g/mol. The normalized spacial score (nSPS) is 20.2. The molecule has 1 atom stereocenters. The zero-order valence-electron chi connectivity index (χ0n) is 18.7. The predicted molar refractivity (Wildman–Crippen MR) is 131 cm³/mol. The Kier molecular flexibility index (Phi) is 6.89. The van der Waals surface area contributed by atoms with E-state index in [1.807, 2.05) is 6.20 Å². The van der Waals surface area contributed by atoms with Crippen molar-refractivity contribution in [1.82, 2.24) is 19.8 Å². The van der Waals surface area contributed by atoms with Crippen LogP contribution in [0.15, 0.2) is 70.8 Å². The number of nitrogens with zero attached hydrogens (tertiary/aromatic N) is 6. The molecule has 2 aromatic rings. The molecule has 9 heteroatoms. The Morgan fingerprint density at radius 1 is 1.30 bits per heavy atom. The first-order valence-corrected chi connectivity index (χ1v) is 10.9. The largest absolute Gasteiger partial charge is 0.382 e. The number of amidine groups is 1. The highest BCUT2D eigenvalue weighted by atomic mass is 16.1. The summed E-state index contributed by atoms with van der Waals surface area (Å²) in [4.78, 5) is 34.1. The minimum Gasteiger partial charge on any atom is -0.382 e. The van der Waals surface area contributed by atoms with Crippen LogP contribution in [0.1, 0.15) is 28.9 Å². The van der Waals surface area contributed by atoms with Gasteiger partial charge in [-0.3, -0.25) is 14.8 Å². The number of carbonyl (C=O) groups is 1. The van der Waals surface area contributed by atoms with Gasteiger partial charge in [-0.25, -0.2) is 9.98 Å². The van der Waals surface area contributed by atoms with Gasteiger partial charge >= 0.3 is 0 Å². The quantitative estimate of drug-likeness (QED) is 0.663. The highest BCUT2D eigenvalue weighted by Crippen LogP contribution is 2.27. The van der Waals surface area contributed by atoms with E-state index >= 15 is 0 Å². The molecule has 1 fully saturated rings. The highest BCUT2D eigenvalue weighted by molar-refractivity contribution is 6.05. The van der Waals surface area contributed by atoms with Crippen LogP contribution in [0.3, 0.4) is 0 Å². The summed E-state index contributed by atoms with van der Waals surface area (Å²) in [5, 5.41) is 2.75. The summed E-state index contributed by atoms with van der Waals surface area (Å²) < 4.78 is 0. The molecule has 2 aliphatic rings. The molecule has 1 unspecified atom stereocenters. The molecule has 0 spiro atoms. The van der Waals surface area contributed by atoms with E-state index in [0.29, 0.717) is 40.2 Å². The van der Waals surface area contributed by atoms with Gasteiger partial charge in [-0.1, -0.05) is 6.07 Å². The van der Waals surface area contributed by atoms with Crippen molar-refractivity contribution >= 4 is 30.0 Å². The van der Waals surface area contributed by atoms with Crippen molar-refractivity contribution in [2.75, 3.05) is 32.0 Å². The lowest BCUT2D eigenvalue weighted by atomic mass is 9.97. The third-order valence-electron chi connectivity index (χ3n) is 5.72. The number of piperidine rings is 1. The van der Waals surface area contributed by atoms with Gasteiger partial charge in [0.15, 0.2) is 0 Å². The van der Waals surface area contributed by atoms with E-state index in [4.69, 9.17) is 5.73 Å². The number of aliphatic imine (C=N–C) groups is 2. The molecule has 33 heavy (non-hydrogen) atoms. The second-order valence-electron chi connectivity index (χ2n) is 8.19. The third kappa shape index (κ3) is 5.32. The minimum absolute atomic E-state index is 0.293. The second kappa shape index (κ2) is 10.2. The first kappa shape index (κ1) is 22.3. The number of hydrogen-bond acceptors (Lipinski definition) is 8. The van der Waals surface area contributed by atoms with Gasteiger partial charge in [0.05, 0.1) is 11.3 Å². The van der Waals surface area contributed by atoms with E-state index in [0.717, 1.165) is 26.1 Å². The molecule has 0 aromatic carbocycles. The SMILES string of the molecule is C=N/C(=C1/C(N)=NC=CN1CC1CCCN(C)C1)c1ccc(C(=O)Nc2ccccn2)cn1. The van der Waals surface area contributed by atoms with Gasteiger partial charge in [0.2, 0.25) is 0 Å². The summed E-state index contributed by atoms with van der Waals surface area (Å²) in [5.41, 5.74) is 8.46. The molecule has 4 heterocycles. The van der Waals surface area contributed by atoms with Gasteiger partial charge in [-0.2, -0.15) is 0 Å². The van der Waals surface area contributed by atoms with Crippen LogP contribution in [-0.2, 0) is 0 Å². The highest BCUT2D eigenvalue weighted by Gasteiger charge is 2.26. The molecular weight excluding hydrogens is 416 g/mol. The van der Waals surface area contributed by atoms with Gasteiger partial charge < -0.3 is 20.9 Å². The molecule has 1 saturated heterocycles. The van der Waals surface area contributed by atoms with Crippen LogP contribution in [0, 0.1) is 5.92 Å². The Hall–Kier alpha value is -3.85. The second-order valence-corrected chi connectivity index (χ2v) is 8.19. The smallest absolute Gasteiger partial charge is 0.258 e. The molecule has 1 amide bonds. The fourth-order valence-electron chi connectivity index (χ4n) is 4.16. The zero-order chi connectivity index (χ0) is 23.2. The third-order valence-corrected chi connectivity index (χ3v) is 5.72. The molecule has 0 aliphatic carbocycles. The van der Waals surface area contributed by atoms with Crippen molar-refractivity contribution in [2.45, 2.75) is 12.8 Å². The summed E-state index contributed by atoms with van der Waals surface area (Å²) in [6, 6.07) is 8.75. The molecule has 0 saturated carbocycles. The molecule has 9 nitrogen and oxygen atoms in total. The fraction of sp³-hybridized carbons (Fsp3) is 0.292. The molecular formula is C24H28N8O. The summed E-state index contributed by atoms with van der Waals surface area (Å²) >= 11 is 0. The van der Waals surface area contributed by atoms with Crippen LogP contribution in [-0.4, -0.2) is 64.9 Å². The van der Waals surface area contributed by atoms with E-state index in [-0.39, 0.29) is 5.91 Å². The van der Waals surface area contributed by atoms with Gasteiger partial charge in [-0.05, 0) is 63.3 Å². The van der Waals surface area contributed by atoms with Gasteiger partial charge in [0.25, 0.3) is 5.91 Å². The number of nitrogens with one attached hydrogen (secondary N) is 1. The minimum atomic E-state index is -0.293. The monoisotopic (exact) mass is 444 g/mol. The number of anilines is 1. The van der Waals surface area contributed by atoms with E-state index in [1.54, 1.807) is 42.7 Å². The lowest BCUT2D eigenvalue weighted by molar-refractivity contribution is 0.102. The van der Waals surface area contributed by atoms with Crippen molar-refractivity contribution in [1.29, 1.82) is 0 Å². The van der Waals surface area contributed by atoms with Crippen LogP contribution in [0.4, 0.5) is 5.82 Å². The van der Waals surface area contributed by atoms with Crippen LogP contribution in [0.5, 0.6) is 0 Å². The number of rotatable bonds is 6. The maximum Gasteiger partial charge on any atom is 0.258 e. The lowest BCUT2D eigenvalue weighted by Gasteiger charge is -2.35. The molecule has 170 valence electrons. The van der Waals surface area contributed by atoms with Crippen LogP contribution < -0.4 is 11.1 Å². The molecule has 4 rings (SSSR count). The summed E-state index contributed by atoms with van der Waals surface area (Å²) in [6.07, 6.45) is 9.08. The maximum atomic E-state index is 12.5. The van der Waals surface area contributed by atoms with Gasteiger partial charge in [0, 0.05) is 37.9 Å². The average Bonchev–Trinajstić information content (AvgIpc) is 2.82.